The van der Waals surface area contributed by atoms with Gasteiger partial charge in [-0.3, -0.25) is 0 Å². The van der Waals surface area contributed by atoms with Crippen LogP contribution in [0.4, 0.5) is 15.0 Å². The Bertz CT molecular complexity index is 690. The number of aromatic nitrogens is 2. The van der Waals surface area contributed by atoms with Crippen molar-refractivity contribution < 1.29 is 13.9 Å². The number of primary amides is 2. The zero-order chi connectivity index (χ0) is 16.8. The maximum atomic E-state index is 13.7. The minimum absolute atomic E-state index is 0.327. The van der Waals surface area contributed by atoms with E-state index < -0.39 is 6.03 Å². The van der Waals surface area contributed by atoms with Crippen molar-refractivity contribution in [2.24, 2.45) is 11.5 Å². The number of fused-ring (bicyclic) bond motifs is 1. The summed E-state index contributed by atoms with van der Waals surface area (Å²) in [6.07, 6.45) is 1.51. The smallest absolute Gasteiger partial charge is 0.309 e. The lowest BCUT2D eigenvalue weighted by Crippen LogP contribution is -2.33. The summed E-state index contributed by atoms with van der Waals surface area (Å²) < 4.78 is 18.9. The predicted molar refractivity (Wildman–Crippen MR) is 89.4 cm³/mol. The van der Waals surface area contributed by atoms with E-state index in [1.807, 2.05) is 11.8 Å². The van der Waals surface area contributed by atoms with Gasteiger partial charge in [0, 0.05) is 36.0 Å². The topological polar surface area (TPSA) is 107 Å². The third kappa shape index (κ3) is 4.35. The number of thioether (sulfide) groups is 1. The molecule has 2 heterocycles. The second kappa shape index (κ2) is 7.82. The van der Waals surface area contributed by atoms with Crippen LogP contribution in [-0.4, -0.2) is 47.7 Å². The van der Waals surface area contributed by atoms with Crippen LogP contribution in [0.2, 0.25) is 0 Å². The Morgan fingerprint density at radius 3 is 2.57 bits per heavy atom. The number of anilines is 1. The van der Waals surface area contributed by atoms with Gasteiger partial charge in [-0.2, -0.15) is 11.8 Å². The van der Waals surface area contributed by atoms with E-state index >= 15 is 0 Å². The molecule has 1 fully saturated rings. The summed E-state index contributed by atoms with van der Waals surface area (Å²) in [4.78, 5) is 19.7. The minimum atomic E-state index is -0.833. The third-order valence-corrected chi connectivity index (χ3v) is 4.12. The number of nitrogens with two attached hydrogens (primary N) is 2. The molecule has 0 aliphatic carbocycles. The van der Waals surface area contributed by atoms with E-state index in [1.165, 1.54) is 25.6 Å². The first-order chi connectivity index (χ1) is 11.0. The summed E-state index contributed by atoms with van der Waals surface area (Å²) in [6.45, 7) is 1.85. The van der Waals surface area contributed by atoms with Gasteiger partial charge >= 0.3 is 6.03 Å². The number of urea groups is 1. The van der Waals surface area contributed by atoms with Crippen molar-refractivity contribution in [1.82, 2.24) is 9.97 Å². The van der Waals surface area contributed by atoms with Gasteiger partial charge in [0.05, 0.1) is 7.11 Å². The van der Waals surface area contributed by atoms with Crippen molar-refractivity contribution in [3.8, 4) is 5.75 Å². The molecule has 0 bridgehead atoms. The lowest BCUT2D eigenvalue weighted by molar-refractivity contribution is 0.256. The second-order valence-corrected chi connectivity index (χ2v) is 5.93. The lowest BCUT2D eigenvalue weighted by Gasteiger charge is -2.28. The molecular weight excluding hydrogens is 321 g/mol. The van der Waals surface area contributed by atoms with Crippen LogP contribution in [0.25, 0.3) is 10.9 Å². The van der Waals surface area contributed by atoms with Gasteiger partial charge in [0.15, 0.2) is 0 Å². The first kappa shape index (κ1) is 17.1. The minimum Gasteiger partial charge on any atom is -0.494 e. The van der Waals surface area contributed by atoms with Gasteiger partial charge in [-0.25, -0.2) is 19.2 Å². The van der Waals surface area contributed by atoms with Gasteiger partial charge in [-0.1, -0.05) is 0 Å². The van der Waals surface area contributed by atoms with Gasteiger partial charge in [0.1, 0.15) is 29.2 Å². The van der Waals surface area contributed by atoms with E-state index in [9.17, 15) is 4.39 Å². The molecule has 0 atom stereocenters. The molecule has 1 aromatic carbocycles. The standard InChI is InChI=1S/C13H14FN3OS.CH4N2O/c1-18-11-7-9(14)6-10-12(11)15-8-16-13(10)17-2-4-19-5-3-17;2-1(3)4/h6-8H,2-5H2,1H3;(H4,2,3,4). The summed E-state index contributed by atoms with van der Waals surface area (Å²) in [7, 11) is 1.52. The highest BCUT2D eigenvalue weighted by molar-refractivity contribution is 7.99. The van der Waals surface area contributed by atoms with E-state index in [-0.39, 0.29) is 5.82 Å². The highest BCUT2D eigenvalue weighted by Crippen LogP contribution is 2.31. The number of carbonyl (C=O) groups is 1. The first-order valence-electron chi connectivity index (χ1n) is 6.88. The molecule has 0 spiro atoms. The highest BCUT2D eigenvalue weighted by Gasteiger charge is 2.17. The largest absolute Gasteiger partial charge is 0.494 e. The summed E-state index contributed by atoms with van der Waals surface area (Å²) >= 11 is 1.93. The van der Waals surface area contributed by atoms with Gasteiger partial charge < -0.3 is 21.1 Å². The molecule has 9 heteroatoms. The van der Waals surface area contributed by atoms with Crippen molar-refractivity contribution in [3.05, 3.63) is 24.3 Å². The summed E-state index contributed by atoms with van der Waals surface area (Å²) in [5, 5.41) is 0.714. The Morgan fingerprint density at radius 1 is 1.30 bits per heavy atom. The van der Waals surface area contributed by atoms with Crippen LogP contribution in [0.3, 0.4) is 0 Å². The fourth-order valence-corrected chi connectivity index (χ4v) is 3.17. The zero-order valence-corrected chi connectivity index (χ0v) is 13.5. The lowest BCUT2D eigenvalue weighted by atomic mass is 10.2. The van der Waals surface area contributed by atoms with Crippen molar-refractivity contribution in [2.45, 2.75) is 0 Å². The van der Waals surface area contributed by atoms with E-state index in [1.54, 1.807) is 0 Å². The quantitative estimate of drug-likeness (QED) is 0.855. The molecule has 124 valence electrons. The normalized spacial score (nSPS) is 14.1. The SMILES string of the molecule is COc1cc(F)cc2c(N3CCSCC3)ncnc12.NC(N)=O. The van der Waals surface area contributed by atoms with Gasteiger partial charge in [0.2, 0.25) is 0 Å². The molecule has 1 aliphatic rings. The average Bonchev–Trinajstić information content (AvgIpc) is 2.53. The molecule has 7 nitrogen and oxygen atoms in total. The Morgan fingerprint density at radius 2 is 1.96 bits per heavy atom. The number of nitrogens with zero attached hydrogens (tertiary/aromatic N) is 3. The molecule has 0 radical (unpaired) electrons. The van der Waals surface area contributed by atoms with E-state index in [0.29, 0.717) is 16.7 Å². The van der Waals surface area contributed by atoms with Crippen LogP contribution >= 0.6 is 11.8 Å². The molecule has 1 aliphatic heterocycles. The molecule has 0 saturated carbocycles. The Labute approximate surface area is 137 Å². The van der Waals surface area contributed by atoms with Crippen molar-refractivity contribution in [2.75, 3.05) is 36.6 Å². The fourth-order valence-electron chi connectivity index (χ4n) is 2.27. The maximum absolute atomic E-state index is 13.7. The number of benzene rings is 1. The van der Waals surface area contributed by atoms with Gasteiger partial charge in [-0.05, 0) is 6.07 Å². The van der Waals surface area contributed by atoms with Crippen LogP contribution in [-0.2, 0) is 0 Å². The summed E-state index contributed by atoms with van der Waals surface area (Å²) in [5.74, 6) is 3.05. The van der Waals surface area contributed by atoms with Crippen LogP contribution in [0.15, 0.2) is 18.5 Å². The maximum Gasteiger partial charge on any atom is 0.309 e. The number of hydrogen-bond acceptors (Lipinski definition) is 6. The molecule has 23 heavy (non-hydrogen) atoms. The molecule has 2 amide bonds. The van der Waals surface area contributed by atoms with Crippen LogP contribution in [0.1, 0.15) is 0 Å². The molecule has 0 unspecified atom stereocenters. The predicted octanol–water partition coefficient (Wildman–Crippen LogP) is 1.35. The number of hydrogen-bond donors (Lipinski definition) is 2. The summed E-state index contributed by atoms with van der Waals surface area (Å²) in [5.41, 5.74) is 9.16. The molecule has 1 aromatic heterocycles. The Hall–Kier alpha value is -2.29. The Kier molecular flexibility index (Phi) is 5.80. The fraction of sp³-hybridized carbons (Fsp3) is 0.357. The average molecular weight is 339 g/mol. The Balaban J connectivity index is 0.000000433. The first-order valence-corrected chi connectivity index (χ1v) is 8.04. The second-order valence-electron chi connectivity index (χ2n) is 4.70. The molecular formula is C14H18FN5O2S. The monoisotopic (exact) mass is 339 g/mol. The molecule has 2 aromatic rings. The van der Waals surface area contributed by atoms with E-state index in [2.05, 4.69) is 26.3 Å². The number of methoxy groups -OCH3 is 1. The summed E-state index contributed by atoms with van der Waals surface area (Å²) in [6, 6.07) is 2.00. The van der Waals surface area contributed by atoms with Gasteiger partial charge in [0.25, 0.3) is 0 Å². The molecule has 1 saturated heterocycles. The molecule has 4 N–H and O–H groups in total. The highest BCUT2D eigenvalue weighted by atomic mass is 32.2. The van der Waals surface area contributed by atoms with E-state index in [0.717, 1.165) is 30.4 Å². The number of amides is 2. The third-order valence-electron chi connectivity index (χ3n) is 3.18. The molecule has 3 rings (SSSR count). The van der Waals surface area contributed by atoms with Crippen molar-refractivity contribution >= 4 is 34.5 Å². The number of halogens is 1. The number of carbonyl (C=O) groups excluding carboxylic acids is 1. The number of ether oxygens (including phenoxy) is 1. The van der Waals surface area contributed by atoms with Crippen LogP contribution in [0.5, 0.6) is 5.75 Å². The van der Waals surface area contributed by atoms with Crippen LogP contribution < -0.4 is 21.1 Å². The van der Waals surface area contributed by atoms with E-state index in [4.69, 9.17) is 9.53 Å². The van der Waals surface area contributed by atoms with Gasteiger partial charge in [-0.15, -0.1) is 0 Å². The zero-order valence-electron chi connectivity index (χ0n) is 12.7. The van der Waals surface area contributed by atoms with Crippen molar-refractivity contribution in [3.63, 3.8) is 0 Å². The number of rotatable bonds is 2. The van der Waals surface area contributed by atoms with Crippen LogP contribution in [0, 0.1) is 5.82 Å². The van der Waals surface area contributed by atoms with Crippen molar-refractivity contribution in [1.29, 1.82) is 0 Å².